The molecular weight excluding hydrogens is 332 g/mol. The molecule has 0 fully saturated rings. The summed E-state index contributed by atoms with van der Waals surface area (Å²) in [6.45, 7) is 4.35. The Kier molecular flexibility index (Phi) is 7.09. The number of carbonyl (C=O) groups is 1. The molecule has 0 heterocycles. The lowest BCUT2D eigenvalue weighted by molar-refractivity contribution is -0.147. The van der Waals surface area contributed by atoms with Crippen LogP contribution in [-0.2, 0) is 16.0 Å². The van der Waals surface area contributed by atoms with E-state index in [9.17, 15) is 4.79 Å². The monoisotopic (exact) mass is 364 g/mol. The molecule has 27 heavy (non-hydrogen) atoms. The molecule has 2 nitrogen and oxygen atoms in total. The third-order valence-electron chi connectivity index (χ3n) is 5.50. The molecule has 1 unspecified atom stereocenters. The van der Waals surface area contributed by atoms with Crippen LogP contribution in [0.4, 0.5) is 0 Å². The number of hydrogen-bond acceptors (Lipinski definition) is 2. The Bertz CT molecular complexity index is 803. The Morgan fingerprint density at radius 3 is 2.59 bits per heavy atom. The lowest BCUT2D eigenvalue weighted by atomic mass is 9.87. The van der Waals surface area contributed by atoms with Crippen LogP contribution in [0.1, 0.15) is 88.0 Å². The molecule has 2 aromatic rings. The Morgan fingerprint density at radius 1 is 0.963 bits per heavy atom. The number of unbranched alkanes of at least 4 members (excludes halogenated alkanes) is 5. The first-order valence-corrected chi connectivity index (χ1v) is 10.7. The molecule has 0 saturated heterocycles. The standard InChI is InChI=1S/C25H32O2/c1-3-5-7-8-9-11-19-15-16-20-12-10-13-22-23(18-17-21(19)25(20)22)27-24(26)14-6-4-2/h10,12-13,15-18,23H,3-9,11,14H2,1-2H3. The summed E-state index contributed by atoms with van der Waals surface area (Å²) < 4.78 is 5.78. The normalized spacial score (nSPS) is 15.3. The molecule has 1 aliphatic carbocycles. The van der Waals surface area contributed by atoms with E-state index in [0.717, 1.165) is 24.8 Å². The summed E-state index contributed by atoms with van der Waals surface area (Å²) in [6.07, 6.45) is 14.0. The second-order valence-corrected chi connectivity index (χ2v) is 7.62. The Morgan fingerprint density at radius 2 is 1.78 bits per heavy atom. The fourth-order valence-corrected chi connectivity index (χ4v) is 3.96. The maximum Gasteiger partial charge on any atom is 0.306 e. The molecule has 0 amide bonds. The first kappa shape index (κ1) is 19.7. The van der Waals surface area contributed by atoms with E-state index < -0.39 is 0 Å². The molecule has 2 heteroatoms. The van der Waals surface area contributed by atoms with Gasteiger partial charge in [-0.05, 0) is 47.2 Å². The van der Waals surface area contributed by atoms with Crippen molar-refractivity contribution in [2.24, 2.45) is 0 Å². The van der Waals surface area contributed by atoms with Gasteiger partial charge >= 0.3 is 5.97 Å². The number of esters is 1. The molecule has 0 spiro atoms. The zero-order valence-corrected chi connectivity index (χ0v) is 16.8. The second kappa shape index (κ2) is 9.73. The molecular formula is C25H32O2. The van der Waals surface area contributed by atoms with E-state index in [2.05, 4.69) is 56.3 Å². The number of hydrogen-bond donors (Lipinski definition) is 0. The SMILES string of the molecule is CCCCCCCc1ccc2cccc3c2c1C=CC3OC(=O)CCCC. The van der Waals surface area contributed by atoms with Crippen LogP contribution >= 0.6 is 0 Å². The molecule has 0 N–H and O–H groups in total. The van der Waals surface area contributed by atoms with Crippen LogP contribution in [0, 0.1) is 0 Å². The molecule has 144 valence electrons. The average molecular weight is 365 g/mol. The molecule has 0 aliphatic heterocycles. The van der Waals surface area contributed by atoms with Crippen molar-refractivity contribution in [1.82, 2.24) is 0 Å². The number of benzene rings is 2. The van der Waals surface area contributed by atoms with Gasteiger partial charge in [0.25, 0.3) is 0 Å². The number of ether oxygens (including phenoxy) is 1. The zero-order chi connectivity index (χ0) is 19.1. The molecule has 0 saturated carbocycles. The van der Waals surface area contributed by atoms with Crippen LogP contribution in [0.3, 0.4) is 0 Å². The Labute approximate surface area is 163 Å². The van der Waals surface area contributed by atoms with Crippen LogP contribution in [-0.4, -0.2) is 5.97 Å². The molecule has 0 bridgehead atoms. The number of rotatable bonds is 10. The van der Waals surface area contributed by atoms with E-state index in [1.807, 2.05) is 0 Å². The first-order valence-electron chi connectivity index (χ1n) is 10.7. The molecule has 3 rings (SSSR count). The van der Waals surface area contributed by atoms with Gasteiger partial charge in [0.05, 0.1) is 0 Å². The minimum absolute atomic E-state index is 0.0981. The van der Waals surface area contributed by atoms with Gasteiger partial charge in [-0.25, -0.2) is 0 Å². The van der Waals surface area contributed by atoms with Gasteiger partial charge in [0.2, 0.25) is 0 Å². The fourth-order valence-electron chi connectivity index (χ4n) is 3.96. The van der Waals surface area contributed by atoms with Crippen LogP contribution < -0.4 is 0 Å². The quantitative estimate of drug-likeness (QED) is 0.330. The van der Waals surface area contributed by atoms with E-state index in [-0.39, 0.29) is 12.1 Å². The van der Waals surface area contributed by atoms with Crippen molar-refractivity contribution >= 4 is 22.8 Å². The third-order valence-corrected chi connectivity index (χ3v) is 5.50. The smallest absolute Gasteiger partial charge is 0.306 e. The Hall–Kier alpha value is -2.09. The summed E-state index contributed by atoms with van der Waals surface area (Å²) in [6, 6.07) is 10.8. The summed E-state index contributed by atoms with van der Waals surface area (Å²) in [5.41, 5.74) is 3.86. The van der Waals surface area contributed by atoms with E-state index in [1.54, 1.807) is 0 Å². The predicted octanol–water partition coefficient (Wildman–Crippen LogP) is 7.15. The van der Waals surface area contributed by atoms with Crippen LogP contribution in [0.2, 0.25) is 0 Å². The number of aryl methyl sites for hydroxylation is 1. The van der Waals surface area contributed by atoms with E-state index >= 15 is 0 Å². The third kappa shape index (κ3) is 4.80. The van der Waals surface area contributed by atoms with Gasteiger partial charge in [-0.1, -0.05) is 82.4 Å². The first-order chi connectivity index (χ1) is 13.2. The topological polar surface area (TPSA) is 26.3 Å². The molecule has 0 radical (unpaired) electrons. The van der Waals surface area contributed by atoms with Crippen molar-refractivity contribution in [3.63, 3.8) is 0 Å². The summed E-state index contributed by atoms with van der Waals surface area (Å²) in [4.78, 5) is 12.1. The van der Waals surface area contributed by atoms with Crippen molar-refractivity contribution in [1.29, 1.82) is 0 Å². The zero-order valence-electron chi connectivity index (χ0n) is 16.8. The van der Waals surface area contributed by atoms with Crippen molar-refractivity contribution in [3.05, 3.63) is 53.1 Å². The summed E-state index contributed by atoms with van der Waals surface area (Å²) in [7, 11) is 0. The highest BCUT2D eigenvalue weighted by Crippen LogP contribution is 2.37. The van der Waals surface area contributed by atoms with Crippen LogP contribution in [0.25, 0.3) is 16.8 Å². The van der Waals surface area contributed by atoms with Gasteiger partial charge in [0, 0.05) is 12.0 Å². The molecule has 0 aromatic heterocycles. The van der Waals surface area contributed by atoms with Crippen molar-refractivity contribution in [2.75, 3.05) is 0 Å². The van der Waals surface area contributed by atoms with Gasteiger partial charge < -0.3 is 4.74 Å². The lowest BCUT2D eigenvalue weighted by Crippen LogP contribution is -2.12. The van der Waals surface area contributed by atoms with E-state index in [1.165, 1.54) is 54.0 Å². The van der Waals surface area contributed by atoms with Crippen molar-refractivity contribution in [3.8, 4) is 0 Å². The van der Waals surface area contributed by atoms with Crippen molar-refractivity contribution in [2.45, 2.75) is 77.7 Å². The maximum atomic E-state index is 12.1. The van der Waals surface area contributed by atoms with E-state index in [0.29, 0.717) is 6.42 Å². The molecule has 2 aromatic carbocycles. The van der Waals surface area contributed by atoms with Crippen LogP contribution in [0.5, 0.6) is 0 Å². The lowest BCUT2D eigenvalue weighted by Gasteiger charge is -2.23. The van der Waals surface area contributed by atoms with Crippen molar-refractivity contribution < 1.29 is 9.53 Å². The summed E-state index contributed by atoms with van der Waals surface area (Å²) >= 11 is 0. The molecule has 1 aliphatic rings. The fraction of sp³-hybridized carbons (Fsp3) is 0.480. The average Bonchev–Trinajstić information content (AvgIpc) is 2.69. The van der Waals surface area contributed by atoms with Crippen LogP contribution in [0.15, 0.2) is 36.4 Å². The van der Waals surface area contributed by atoms with Gasteiger partial charge in [0.1, 0.15) is 6.10 Å². The highest BCUT2D eigenvalue weighted by molar-refractivity contribution is 5.97. The maximum absolute atomic E-state index is 12.1. The minimum atomic E-state index is -0.259. The highest BCUT2D eigenvalue weighted by Gasteiger charge is 2.22. The largest absolute Gasteiger partial charge is 0.453 e. The van der Waals surface area contributed by atoms with Gasteiger partial charge in [-0.3, -0.25) is 4.79 Å². The second-order valence-electron chi connectivity index (χ2n) is 7.62. The summed E-state index contributed by atoms with van der Waals surface area (Å²) in [5.74, 6) is -0.0981. The predicted molar refractivity (Wildman–Crippen MR) is 114 cm³/mol. The number of carbonyl (C=O) groups excluding carboxylic acids is 1. The summed E-state index contributed by atoms with van der Waals surface area (Å²) in [5, 5.41) is 2.50. The Balaban J connectivity index is 1.80. The van der Waals surface area contributed by atoms with Gasteiger partial charge in [-0.2, -0.15) is 0 Å². The minimum Gasteiger partial charge on any atom is -0.453 e. The van der Waals surface area contributed by atoms with E-state index in [4.69, 9.17) is 4.74 Å². The highest BCUT2D eigenvalue weighted by atomic mass is 16.5. The van der Waals surface area contributed by atoms with Gasteiger partial charge in [0.15, 0.2) is 0 Å². The van der Waals surface area contributed by atoms with Gasteiger partial charge in [-0.15, -0.1) is 0 Å². The molecule has 1 atom stereocenters.